The summed E-state index contributed by atoms with van der Waals surface area (Å²) in [6.45, 7) is 1.41. The molecule has 1 aromatic carbocycles. The highest BCUT2D eigenvalue weighted by Gasteiger charge is 2.11. The van der Waals surface area contributed by atoms with Crippen LogP contribution in [-0.4, -0.2) is 22.1 Å². The highest BCUT2D eigenvalue weighted by atomic mass is 16.5. The van der Waals surface area contributed by atoms with Crippen molar-refractivity contribution in [1.29, 1.82) is 0 Å². The number of nitrogens with one attached hydrogen (secondary N) is 1. The number of carbonyl (C=O) groups is 1. The van der Waals surface area contributed by atoms with Crippen LogP contribution in [0.1, 0.15) is 6.92 Å². The molecule has 0 spiro atoms. The minimum atomic E-state index is -0.657. The molecule has 0 aliphatic heterocycles. The summed E-state index contributed by atoms with van der Waals surface area (Å²) in [5, 5.41) is 0.254. The number of fused-ring (bicyclic) bond motifs is 1. The Morgan fingerprint density at radius 3 is 2.84 bits per heavy atom. The molecule has 1 aromatic heterocycles. The highest BCUT2D eigenvalue weighted by Crippen LogP contribution is 2.09. The van der Waals surface area contributed by atoms with E-state index in [4.69, 9.17) is 10.5 Å². The molecule has 2 rings (SSSR count). The van der Waals surface area contributed by atoms with Gasteiger partial charge in [-0.15, -0.1) is 0 Å². The molecular formula is C12H13N3O4. The second-order valence-electron chi connectivity index (χ2n) is 3.93. The van der Waals surface area contributed by atoms with Gasteiger partial charge >= 0.3 is 11.7 Å². The third kappa shape index (κ3) is 2.49. The summed E-state index contributed by atoms with van der Waals surface area (Å²) in [6, 6.07) is 4.57. The Hall–Kier alpha value is -2.57. The largest absolute Gasteiger partial charge is 0.465 e. The molecule has 0 saturated carbocycles. The Kier molecular flexibility index (Phi) is 3.37. The molecule has 7 heteroatoms. The average molecular weight is 263 g/mol. The lowest BCUT2D eigenvalue weighted by Crippen LogP contribution is -2.37. The van der Waals surface area contributed by atoms with Crippen molar-refractivity contribution in [3.63, 3.8) is 0 Å². The van der Waals surface area contributed by atoms with Gasteiger partial charge in [-0.1, -0.05) is 0 Å². The standard InChI is InChI=1S/C12H13N3O4/c1-2-19-10(16)6-15-11(17)8-5-7(13)3-4-9(8)14-12(15)18/h3-5H,2,6,13H2,1H3,(H,14,18). The Bertz CT molecular complexity index is 745. The van der Waals surface area contributed by atoms with E-state index in [1.165, 1.54) is 6.07 Å². The van der Waals surface area contributed by atoms with E-state index >= 15 is 0 Å². The molecule has 1 heterocycles. The van der Waals surface area contributed by atoms with Gasteiger partial charge in [-0.3, -0.25) is 9.59 Å². The monoisotopic (exact) mass is 263 g/mol. The number of hydrogen-bond donors (Lipinski definition) is 2. The number of rotatable bonds is 3. The first-order valence-electron chi connectivity index (χ1n) is 5.71. The van der Waals surface area contributed by atoms with Crippen LogP contribution in [0, 0.1) is 0 Å². The second kappa shape index (κ2) is 4.97. The van der Waals surface area contributed by atoms with Gasteiger partial charge in [0.05, 0.1) is 17.5 Å². The quantitative estimate of drug-likeness (QED) is 0.590. The van der Waals surface area contributed by atoms with Crippen molar-refractivity contribution in [2.45, 2.75) is 13.5 Å². The predicted octanol–water partition coefficient (Wildman–Crippen LogP) is -0.165. The smallest absolute Gasteiger partial charge is 0.329 e. The summed E-state index contributed by atoms with van der Waals surface area (Å²) >= 11 is 0. The Morgan fingerprint density at radius 2 is 2.16 bits per heavy atom. The average Bonchev–Trinajstić information content (AvgIpc) is 2.36. The van der Waals surface area contributed by atoms with E-state index in [1.807, 2.05) is 0 Å². The Balaban J connectivity index is 2.59. The maximum absolute atomic E-state index is 12.1. The molecule has 0 fully saturated rings. The summed E-state index contributed by atoms with van der Waals surface area (Å²) in [4.78, 5) is 37.7. The normalized spacial score (nSPS) is 10.6. The van der Waals surface area contributed by atoms with Crippen molar-refractivity contribution >= 4 is 22.6 Å². The van der Waals surface area contributed by atoms with Gasteiger partial charge in [-0.25, -0.2) is 9.36 Å². The summed E-state index contributed by atoms with van der Waals surface area (Å²) in [6.07, 6.45) is 0. The lowest BCUT2D eigenvalue weighted by Gasteiger charge is -2.06. The number of esters is 1. The number of nitrogens with zero attached hydrogens (tertiary/aromatic N) is 1. The van der Waals surface area contributed by atoms with Crippen molar-refractivity contribution < 1.29 is 9.53 Å². The van der Waals surface area contributed by atoms with Crippen LogP contribution in [0.5, 0.6) is 0 Å². The van der Waals surface area contributed by atoms with Gasteiger partial charge in [0.1, 0.15) is 6.54 Å². The molecule has 0 radical (unpaired) electrons. The van der Waals surface area contributed by atoms with E-state index in [1.54, 1.807) is 19.1 Å². The van der Waals surface area contributed by atoms with Crippen LogP contribution in [0.2, 0.25) is 0 Å². The fourth-order valence-corrected chi connectivity index (χ4v) is 1.75. The van der Waals surface area contributed by atoms with Gasteiger partial charge in [0, 0.05) is 5.69 Å². The summed E-state index contributed by atoms with van der Waals surface area (Å²) in [5.74, 6) is -0.640. The van der Waals surface area contributed by atoms with Crippen LogP contribution in [0.25, 0.3) is 10.9 Å². The van der Waals surface area contributed by atoms with Crippen molar-refractivity contribution in [3.8, 4) is 0 Å². The summed E-state index contributed by atoms with van der Waals surface area (Å²) < 4.78 is 5.51. The van der Waals surface area contributed by atoms with Gasteiger partial charge in [-0.05, 0) is 25.1 Å². The maximum Gasteiger partial charge on any atom is 0.329 e. The molecule has 0 unspecified atom stereocenters. The fourth-order valence-electron chi connectivity index (χ4n) is 1.75. The number of carbonyl (C=O) groups excluding carboxylic acids is 1. The lowest BCUT2D eigenvalue weighted by molar-refractivity contribution is -0.143. The molecule has 0 aliphatic rings. The topological polar surface area (TPSA) is 107 Å². The van der Waals surface area contributed by atoms with Gasteiger partial charge in [0.15, 0.2) is 0 Å². The van der Waals surface area contributed by atoms with Crippen molar-refractivity contribution in [2.75, 3.05) is 12.3 Å². The van der Waals surface area contributed by atoms with Gasteiger partial charge < -0.3 is 15.5 Å². The Labute approximate surface area is 107 Å². The zero-order valence-corrected chi connectivity index (χ0v) is 10.3. The van der Waals surface area contributed by atoms with E-state index < -0.39 is 23.8 Å². The summed E-state index contributed by atoms with van der Waals surface area (Å²) in [7, 11) is 0. The number of benzene rings is 1. The lowest BCUT2D eigenvalue weighted by atomic mass is 10.2. The summed E-state index contributed by atoms with van der Waals surface area (Å²) in [5.41, 5.74) is 5.15. The fraction of sp³-hybridized carbons (Fsp3) is 0.250. The molecular weight excluding hydrogens is 250 g/mol. The maximum atomic E-state index is 12.1. The first kappa shape index (κ1) is 12.9. The van der Waals surface area contributed by atoms with Crippen LogP contribution >= 0.6 is 0 Å². The third-order valence-electron chi connectivity index (χ3n) is 2.60. The number of nitrogens with two attached hydrogens (primary N) is 1. The van der Waals surface area contributed by atoms with Crippen LogP contribution in [-0.2, 0) is 16.1 Å². The number of anilines is 1. The van der Waals surface area contributed by atoms with Crippen LogP contribution in [0.4, 0.5) is 5.69 Å². The molecule has 0 aliphatic carbocycles. The number of aromatic amines is 1. The first-order chi connectivity index (χ1) is 9.02. The number of ether oxygens (including phenoxy) is 1. The number of hydrogen-bond acceptors (Lipinski definition) is 5. The second-order valence-corrected chi connectivity index (χ2v) is 3.93. The van der Waals surface area contributed by atoms with E-state index in [0.717, 1.165) is 4.57 Å². The minimum absolute atomic E-state index is 0.187. The molecule has 3 N–H and O–H groups in total. The first-order valence-corrected chi connectivity index (χ1v) is 5.71. The van der Waals surface area contributed by atoms with Crippen LogP contribution in [0.3, 0.4) is 0 Å². The van der Waals surface area contributed by atoms with Crippen molar-refractivity contribution in [1.82, 2.24) is 9.55 Å². The predicted molar refractivity (Wildman–Crippen MR) is 69.9 cm³/mol. The molecule has 0 bridgehead atoms. The zero-order valence-electron chi connectivity index (χ0n) is 10.3. The third-order valence-corrected chi connectivity index (χ3v) is 2.60. The molecule has 19 heavy (non-hydrogen) atoms. The molecule has 7 nitrogen and oxygen atoms in total. The van der Waals surface area contributed by atoms with E-state index in [0.29, 0.717) is 11.2 Å². The van der Waals surface area contributed by atoms with Gasteiger partial charge in [0.2, 0.25) is 0 Å². The Morgan fingerprint density at radius 1 is 1.42 bits per heavy atom. The zero-order chi connectivity index (χ0) is 14.0. The molecule has 0 saturated heterocycles. The highest BCUT2D eigenvalue weighted by molar-refractivity contribution is 5.81. The van der Waals surface area contributed by atoms with Gasteiger partial charge in [0.25, 0.3) is 5.56 Å². The van der Waals surface area contributed by atoms with Crippen molar-refractivity contribution in [2.24, 2.45) is 0 Å². The molecule has 0 atom stereocenters. The van der Waals surface area contributed by atoms with Crippen LogP contribution < -0.4 is 17.0 Å². The van der Waals surface area contributed by atoms with Crippen LogP contribution in [0.15, 0.2) is 27.8 Å². The molecule has 0 amide bonds. The van der Waals surface area contributed by atoms with E-state index in [-0.39, 0.29) is 12.0 Å². The molecule has 2 aromatic rings. The van der Waals surface area contributed by atoms with E-state index in [2.05, 4.69) is 4.98 Å². The number of H-pyrrole nitrogens is 1. The minimum Gasteiger partial charge on any atom is -0.465 e. The van der Waals surface area contributed by atoms with E-state index in [9.17, 15) is 14.4 Å². The number of aromatic nitrogens is 2. The SMILES string of the molecule is CCOC(=O)Cn1c(=O)[nH]c2ccc(N)cc2c1=O. The number of nitrogen functional groups attached to an aromatic ring is 1. The van der Waals surface area contributed by atoms with Gasteiger partial charge in [-0.2, -0.15) is 0 Å². The molecule has 100 valence electrons. The van der Waals surface area contributed by atoms with Crippen molar-refractivity contribution in [3.05, 3.63) is 39.0 Å².